The third-order valence-electron chi connectivity index (χ3n) is 9.33. The molecule has 6 rings (SSSR count). The van der Waals surface area contributed by atoms with Crippen molar-refractivity contribution in [2.24, 2.45) is 18.4 Å². The first kappa shape index (κ1) is 33.9. The maximum atomic E-state index is 13.3. The Morgan fingerprint density at radius 2 is 1.74 bits per heavy atom. The van der Waals surface area contributed by atoms with E-state index in [1.807, 2.05) is 36.3 Å². The van der Waals surface area contributed by atoms with Crippen molar-refractivity contribution in [3.63, 3.8) is 0 Å². The van der Waals surface area contributed by atoms with Gasteiger partial charge in [-0.2, -0.15) is 13.2 Å². The predicted octanol–water partition coefficient (Wildman–Crippen LogP) is 8.19. The molecule has 0 atom stereocenters. The maximum absolute atomic E-state index is 13.3. The molecule has 0 spiro atoms. The fourth-order valence-corrected chi connectivity index (χ4v) is 7.15. The fourth-order valence-electron chi connectivity index (χ4n) is 6.62. The fraction of sp³-hybridized carbons (Fsp3) is 0.529. The SMILES string of the molecule is Cn1c(Nc2c(Cl)ccc(CNCC(C)(C)C)c2Cl)nc2cc(CNC3CCC(C(F)(F)F)CC3)c(N3CCn4cncc4C3)cc21. The van der Waals surface area contributed by atoms with Crippen molar-refractivity contribution in [3.05, 3.63) is 63.7 Å². The number of aryl methyl sites for hydroxylation is 1. The van der Waals surface area contributed by atoms with Gasteiger partial charge in [0.25, 0.3) is 0 Å². The minimum atomic E-state index is -4.12. The molecule has 1 fully saturated rings. The Morgan fingerprint density at radius 1 is 0.979 bits per heavy atom. The minimum absolute atomic E-state index is 0.0374. The number of hydrogen-bond acceptors (Lipinski definition) is 6. The van der Waals surface area contributed by atoms with Gasteiger partial charge in [-0.05, 0) is 60.4 Å². The first-order valence-corrected chi connectivity index (χ1v) is 17.0. The minimum Gasteiger partial charge on any atom is -0.364 e. The first-order valence-electron chi connectivity index (χ1n) is 16.2. The number of anilines is 3. The summed E-state index contributed by atoms with van der Waals surface area (Å²) < 4.78 is 44.0. The number of fused-ring (bicyclic) bond motifs is 2. The van der Waals surface area contributed by atoms with Crippen LogP contribution in [-0.4, -0.2) is 44.4 Å². The van der Waals surface area contributed by atoms with Crippen molar-refractivity contribution in [3.8, 4) is 0 Å². The lowest BCUT2D eigenvalue weighted by molar-refractivity contribution is -0.182. The zero-order chi connectivity index (χ0) is 33.5. The van der Waals surface area contributed by atoms with E-state index in [0.29, 0.717) is 54.2 Å². The van der Waals surface area contributed by atoms with Gasteiger partial charge in [0.1, 0.15) is 0 Å². The lowest BCUT2D eigenvalue weighted by atomic mass is 9.85. The summed E-state index contributed by atoms with van der Waals surface area (Å²) in [6.45, 7) is 10.8. The van der Waals surface area contributed by atoms with E-state index in [1.54, 1.807) is 0 Å². The summed E-state index contributed by atoms with van der Waals surface area (Å²) >= 11 is 13.5. The molecule has 3 heterocycles. The summed E-state index contributed by atoms with van der Waals surface area (Å²) in [6.07, 6.45) is 0.986. The second-order valence-electron chi connectivity index (χ2n) is 14.1. The van der Waals surface area contributed by atoms with Crippen LogP contribution in [-0.2, 0) is 33.2 Å². The molecule has 0 saturated heterocycles. The van der Waals surface area contributed by atoms with Crippen LogP contribution in [0.15, 0.2) is 36.8 Å². The zero-order valence-corrected chi connectivity index (χ0v) is 28.8. The number of hydrogen-bond donors (Lipinski definition) is 3. The number of nitrogens with zero attached hydrogens (tertiary/aromatic N) is 5. The van der Waals surface area contributed by atoms with Crippen LogP contribution in [0.4, 0.5) is 30.5 Å². The summed E-state index contributed by atoms with van der Waals surface area (Å²) in [5.74, 6) is -0.602. The molecule has 0 bridgehead atoms. The molecule has 1 saturated carbocycles. The molecule has 0 radical (unpaired) electrons. The standard InChI is InChI=1S/C34H43Cl2F3N8/c1-33(2,3)19-40-15-21-5-10-26(35)31(30(21)36)44-32-43-27-13-22(16-42-24-8-6-23(7-9-24)34(37,38)39)28(14-29(27)45(32)4)46-11-12-47-20-41-17-25(47)18-46/h5,10,13-14,17,20,23-24,40,42H,6-9,11-12,15-16,18-19H2,1-4H3,(H,43,44). The summed E-state index contributed by atoms with van der Waals surface area (Å²) in [4.78, 5) is 11.6. The lowest BCUT2D eigenvalue weighted by Crippen LogP contribution is -2.37. The van der Waals surface area contributed by atoms with Crippen molar-refractivity contribution in [2.45, 2.75) is 84.9 Å². The molecular formula is C34H43Cl2F3N8. The molecule has 254 valence electrons. The van der Waals surface area contributed by atoms with Gasteiger partial charge in [0.2, 0.25) is 5.95 Å². The first-order chi connectivity index (χ1) is 22.3. The average Bonchev–Trinajstić information content (AvgIpc) is 3.61. The van der Waals surface area contributed by atoms with Crippen LogP contribution in [0.2, 0.25) is 10.0 Å². The number of halogens is 5. The Hall–Kier alpha value is -2.99. The molecule has 13 heteroatoms. The molecule has 8 nitrogen and oxygen atoms in total. The number of aromatic nitrogens is 4. The molecule has 4 aromatic rings. The van der Waals surface area contributed by atoms with Gasteiger partial charge in [-0.3, -0.25) is 0 Å². The van der Waals surface area contributed by atoms with Crippen LogP contribution in [0.1, 0.15) is 63.3 Å². The average molecular weight is 692 g/mol. The Morgan fingerprint density at radius 3 is 2.47 bits per heavy atom. The Labute approximate surface area is 284 Å². The van der Waals surface area contributed by atoms with E-state index in [1.165, 1.54) is 0 Å². The summed E-state index contributed by atoms with van der Waals surface area (Å²) in [5, 5.41) is 11.5. The van der Waals surface area contributed by atoms with Crippen LogP contribution in [0.3, 0.4) is 0 Å². The Kier molecular flexibility index (Phi) is 9.73. The van der Waals surface area contributed by atoms with Gasteiger partial charge in [-0.15, -0.1) is 0 Å². The molecular weight excluding hydrogens is 648 g/mol. The van der Waals surface area contributed by atoms with Crippen LogP contribution in [0.5, 0.6) is 0 Å². The van der Waals surface area contributed by atoms with E-state index < -0.39 is 12.1 Å². The van der Waals surface area contributed by atoms with E-state index in [0.717, 1.165) is 53.2 Å². The van der Waals surface area contributed by atoms with E-state index in [2.05, 4.69) is 63.3 Å². The van der Waals surface area contributed by atoms with E-state index in [9.17, 15) is 13.2 Å². The van der Waals surface area contributed by atoms with Crippen LogP contribution in [0, 0.1) is 11.3 Å². The van der Waals surface area contributed by atoms with Gasteiger partial charge in [-0.1, -0.05) is 50.0 Å². The van der Waals surface area contributed by atoms with Crippen molar-refractivity contribution in [2.75, 3.05) is 23.3 Å². The van der Waals surface area contributed by atoms with E-state index in [4.69, 9.17) is 28.2 Å². The second-order valence-corrected chi connectivity index (χ2v) is 14.9. The van der Waals surface area contributed by atoms with Gasteiger partial charge in [-0.25, -0.2) is 9.97 Å². The monoisotopic (exact) mass is 690 g/mol. The van der Waals surface area contributed by atoms with Crippen molar-refractivity contribution < 1.29 is 13.2 Å². The molecule has 1 aliphatic carbocycles. The molecule has 3 N–H and O–H groups in total. The normalized spacial score (nSPS) is 19.0. The lowest BCUT2D eigenvalue weighted by Gasteiger charge is -2.33. The van der Waals surface area contributed by atoms with Gasteiger partial charge in [0.05, 0.1) is 51.2 Å². The highest BCUT2D eigenvalue weighted by molar-refractivity contribution is 6.39. The maximum Gasteiger partial charge on any atom is 0.391 e. The highest BCUT2D eigenvalue weighted by Crippen LogP contribution is 2.39. The molecule has 47 heavy (non-hydrogen) atoms. The van der Waals surface area contributed by atoms with Gasteiger partial charge >= 0.3 is 6.18 Å². The topological polar surface area (TPSA) is 75.0 Å². The van der Waals surface area contributed by atoms with Crippen LogP contribution in [0.25, 0.3) is 11.0 Å². The number of imidazole rings is 2. The highest BCUT2D eigenvalue weighted by atomic mass is 35.5. The predicted molar refractivity (Wildman–Crippen MR) is 184 cm³/mol. The molecule has 0 unspecified atom stereocenters. The molecule has 2 aromatic heterocycles. The second kappa shape index (κ2) is 13.5. The molecule has 1 aliphatic heterocycles. The smallest absolute Gasteiger partial charge is 0.364 e. The van der Waals surface area contributed by atoms with E-state index in [-0.39, 0.29) is 24.3 Å². The highest BCUT2D eigenvalue weighted by Gasteiger charge is 2.41. The van der Waals surface area contributed by atoms with Crippen molar-refractivity contribution in [1.29, 1.82) is 0 Å². The van der Waals surface area contributed by atoms with Gasteiger partial charge in [0, 0.05) is 57.7 Å². The van der Waals surface area contributed by atoms with Crippen LogP contribution >= 0.6 is 23.2 Å². The summed E-state index contributed by atoms with van der Waals surface area (Å²) in [7, 11) is 1.96. The molecule has 2 aromatic carbocycles. The largest absolute Gasteiger partial charge is 0.391 e. The number of alkyl halides is 3. The summed E-state index contributed by atoms with van der Waals surface area (Å²) in [6, 6.07) is 8.07. The molecule has 2 aliphatic rings. The number of nitrogens with one attached hydrogen (secondary N) is 3. The number of rotatable bonds is 9. The summed E-state index contributed by atoms with van der Waals surface area (Å²) in [5.41, 5.74) is 6.67. The Bertz CT molecular complexity index is 1720. The Balaban J connectivity index is 1.27. The molecule has 0 amide bonds. The van der Waals surface area contributed by atoms with Crippen molar-refractivity contribution >= 4 is 51.6 Å². The quantitative estimate of drug-likeness (QED) is 0.165. The zero-order valence-electron chi connectivity index (χ0n) is 27.3. The van der Waals surface area contributed by atoms with Gasteiger partial charge < -0.3 is 30.0 Å². The van der Waals surface area contributed by atoms with Crippen LogP contribution < -0.4 is 20.9 Å². The van der Waals surface area contributed by atoms with E-state index >= 15 is 0 Å². The third kappa shape index (κ3) is 7.69. The third-order valence-corrected chi connectivity index (χ3v) is 10.1. The van der Waals surface area contributed by atoms with Crippen molar-refractivity contribution in [1.82, 2.24) is 29.7 Å². The number of benzene rings is 2. The van der Waals surface area contributed by atoms with Gasteiger partial charge in [0.15, 0.2) is 0 Å².